The first-order valence-corrected chi connectivity index (χ1v) is 8.00. The minimum absolute atomic E-state index is 0.427. The third-order valence-electron chi connectivity index (χ3n) is 3.88. The maximum Gasteiger partial charge on any atom is 0.0869 e. The molecule has 1 atom stereocenters. The summed E-state index contributed by atoms with van der Waals surface area (Å²) in [5, 5.41) is 14.0. The molecule has 1 fully saturated rings. The Labute approximate surface area is 119 Å². The van der Waals surface area contributed by atoms with Gasteiger partial charge in [0, 0.05) is 31.7 Å². The van der Waals surface area contributed by atoms with Crippen molar-refractivity contribution >= 4 is 0 Å². The smallest absolute Gasteiger partial charge is 0.0869 e. The molecular weight excluding hydrogens is 236 g/mol. The number of hydrogen-bond acceptors (Lipinski definition) is 3. The summed E-state index contributed by atoms with van der Waals surface area (Å²) in [6, 6.07) is 1.12. The summed E-state index contributed by atoms with van der Waals surface area (Å²) in [7, 11) is 0. The molecule has 3 nitrogen and oxygen atoms in total. The van der Waals surface area contributed by atoms with E-state index in [9.17, 15) is 5.11 Å². The summed E-state index contributed by atoms with van der Waals surface area (Å²) >= 11 is 0. The Kier molecular flexibility index (Phi) is 6.78. The Morgan fingerprint density at radius 2 is 1.79 bits per heavy atom. The molecule has 3 heteroatoms. The van der Waals surface area contributed by atoms with Gasteiger partial charge < -0.3 is 10.4 Å². The summed E-state index contributed by atoms with van der Waals surface area (Å²) in [6.45, 7) is 13.3. The third-order valence-corrected chi connectivity index (χ3v) is 3.88. The molecule has 1 aliphatic carbocycles. The lowest BCUT2D eigenvalue weighted by molar-refractivity contribution is 0.00201. The van der Waals surface area contributed by atoms with Gasteiger partial charge in [-0.3, -0.25) is 4.90 Å². The van der Waals surface area contributed by atoms with Crippen LogP contribution in [0.3, 0.4) is 0 Å². The number of aliphatic hydroxyl groups is 1. The molecule has 0 amide bonds. The Balaban J connectivity index is 2.54. The zero-order valence-electron chi connectivity index (χ0n) is 13.6. The predicted octanol–water partition coefficient (Wildman–Crippen LogP) is 2.64. The molecule has 114 valence electrons. The Bertz CT molecular complexity index is 245. The number of rotatable bonds is 8. The van der Waals surface area contributed by atoms with Gasteiger partial charge in [-0.2, -0.15) is 0 Å². The van der Waals surface area contributed by atoms with Crippen LogP contribution in [0.5, 0.6) is 0 Å². The van der Waals surface area contributed by atoms with Gasteiger partial charge in [-0.1, -0.05) is 40.5 Å². The topological polar surface area (TPSA) is 35.5 Å². The van der Waals surface area contributed by atoms with Crippen molar-refractivity contribution in [1.82, 2.24) is 10.2 Å². The summed E-state index contributed by atoms with van der Waals surface area (Å²) in [5.41, 5.74) is -0.637. The molecule has 0 spiro atoms. The van der Waals surface area contributed by atoms with Crippen LogP contribution in [0.2, 0.25) is 0 Å². The van der Waals surface area contributed by atoms with E-state index in [2.05, 4.69) is 37.9 Å². The lowest BCUT2D eigenvalue weighted by atomic mass is 10.0. The van der Waals surface area contributed by atoms with Gasteiger partial charge in [0.15, 0.2) is 0 Å². The molecule has 0 heterocycles. The van der Waals surface area contributed by atoms with Crippen LogP contribution < -0.4 is 5.32 Å². The van der Waals surface area contributed by atoms with E-state index in [1.54, 1.807) is 0 Å². The molecule has 0 saturated heterocycles. The van der Waals surface area contributed by atoms with Gasteiger partial charge in [-0.25, -0.2) is 0 Å². The monoisotopic (exact) mass is 270 g/mol. The normalized spacial score (nSPS) is 20.7. The molecule has 1 rings (SSSR count). The second kappa shape index (κ2) is 7.61. The highest BCUT2D eigenvalue weighted by Crippen LogP contribution is 2.25. The molecule has 19 heavy (non-hydrogen) atoms. The number of nitrogens with zero attached hydrogens (tertiary/aromatic N) is 1. The molecule has 1 aliphatic rings. The molecule has 0 radical (unpaired) electrons. The Morgan fingerprint density at radius 3 is 2.26 bits per heavy atom. The summed E-state index contributed by atoms with van der Waals surface area (Å²) in [6.07, 6.45) is 5.32. The van der Waals surface area contributed by atoms with E-state index in [4.69, 9.17) is 0 Å². The van der Waals surface area contributed by atoms with Gasteiger partial charge in [-0.15, -0.1) is 0 Å². The standard InChI is InChI=1S/C16H34N2O/c1-13(2)10-18(15-8-6-7-9-15)12-16(5,19)11-17-14(3)4/h13-15,17,19H,6-12H2,1-5H3. The van der Waals surface area contributed by atoms with Gasteiger partial charge >= 0.3 is 0 Å². The van der Waals surface area contributed by atoms with Gasteiger partial charge in [-0.05, 0) is 25.7 Å². The third kappa shape index (κ3) is 6.73. The molecule has 0 aromatic carbocycles. The molecule has 1 unspecified atom stereocenters. The first-order chi connectivity index (χ1) is 8.80. The summed E-state index contributed by atoms with van der Waals surface area (Å²) < 4.78 is 0. The van der Waals surface area contributed by atoms with Crippen molar-refractivity contribution < 1.29 is 5.11 Å². The molecule has 0 bridgehead atoms. The second-order valence-electron chi connectivity index (χ2n) is 7.29. The fraction of sp³-hybridized carbons (Fsp3) is 1.00. The van der Waals surface area contributed by atoms with Crippen LogP contribution in [0.15, 0.2) is 0 Å². The zero-order valence-corrected chi connectivity index (χ0v) is 13.6. The van der Waals surface area contributed by atoms with Gasteiger partial charge in [0.1, 0.15) is 0 Å². The molecule has 0 aromatic heterocycles. The molecule has 0 aromatic rings. The van der Waals surface area contributed by atoms with Crippen molar-refractivity contribution in [3.8, 4) is 0 Å². The van der Waals surface area contributed by atoms with E-state index in [1.807, 2.05) is 6.92 Å². The van der Waals surface area contributed by atoms with Crippen LogP contribution in [0.25, 0.3) is 0 Å². The van der Waals surface area contributed by atoms with E-state index >= 15 is 0 Å². The van der Waals surface area contributed by atoms with Crippen LogP contribution in [0.4, 0.5) is 0 Å². The van der Waals surface area contributed by atoms with Crippen molar-refractivity contribution in [3.05, 3.63) is 0 Å². The van der Waals surface area contributed by atoms with Gasteiger partial charge in [0.05, 0.1) is 5.60 Å². The first-order valence-electron chi connectivity index (χ1n) is 8.00. The summed E-state index contributed by atoms with van der Waals surface area (Å²) in [5.74, 6) is 0.662. The Morgan fingerprint density at radius 1 is 1.21 bits per heavy atom. The van der Waals surface area contributed by atoms with Crippen LogP contribution in [0.1, 0.15) is 60.3 Å². The number of nitrogens with one attached hydrogen (secondary N) is 1. The lowest BCUT2D eigenvalue weighted by Gasteiger charge is -2.37. The zero-order chi connectivity index (χ0) is 14.5. The minimum atomic E-state index is -0.637. The van der Waals surface area contributed by atoms with E-state index in [0.717, 1.165) is 13.1 Å². The first kappa shape index (κ1) is 16.9. The fourth-order valence-corrected chi connectivity index (χ4v) is 3.00. The van der Waals surface area contributed by atoms with E-state index in [1.165, 1.54) is 25.7 Å². The average molecular weight is 270 g/mol. The molecule has 1 saturated carbocycles. The SMILES string of the molecule is CC(C)CN(CC(C)(O)CNC(C)C)C1CCCC1. The van der Waals surface area contributed by atoms with Crippen molar-refractivity contribution in [2.75, 3.05) is 19.6 Å². The van der Waals surface area contributed by atoms with Crippen LogP contribution in [-0.4, -0.2) is 47.3 Å². The van der Waals surface area contributed by atoms with Gasteiger partial charge in [0.25, 0.3) is 0 Å². The quantitative estimate of drug-likeness (QED) is 0.712. The van der Waals surface area contributed by atoms with Crippen molar-refractivity contribution in [2.45, 2.75) is 78.0 Å². The highest BCUT2D eigenvalue weighted by molar-refractivity contribution is 4.86. The Hall–Kier alpha value is -0.120. The van der Waals surface area contributed by atoms with Crippen LogP contribution in [0, 0.1) is 5.92 Å². The van der Waals surface area contributed by atoms with E-state index in [-0.39, 0.29) is 0 Å². The summed E-state index contributed by atoms with van der Waals surface area (Å²) in [4.78, 5) is 2.53. The maximum absolute atomic E-state index is 10.6. The van der Waals surface area contributed by atoms with E-state index in [0.29, 0.717) is 24.5 Å². The van der Waals surface area contributed by atoms with Crippen LogP contribution >= 0.6 is 0 Å². The average Bonchev–Trinajstić information content (AvgIpc) is 2.78. The molecule has 0 aliphatic heterocycles. The number of hydrogen-bond donors (Lipinski definition) is 2. The van der Waals surface area contributed by atoms with Gasteiger partial charge in [0.2, 0.25) is 0 Å². The largest absolute Gasteiger partial charge is 0.388 e. The van der Waals surface area contributed by atoms with E-state index < -0.39 is 5.60 Å². The fourth-order valence-electron chi connectivity index (χ4n) is 3.00. The lowest BCUT2D eigenvalue weighted by Crippen LogP contribution is -2.51. The molecular formula is C16H34N2O. The highest BCUT2D eigenvalue weighted by atomic mass is 16.3. The second-order valence-corrected chi connectivity index (χ2v) is 7.29. The highest BCUT2D eigenvalue weighted by Gasteiger charge is 2.30. The molecule has 2 N–H and O–H groups in total. The maximum atomic E-state index is 10.6. The predicted molar refractivity (Wildman–Crippen MR) is 82.4 cm³/mol. The van der Waals surface area contributed by atoms with Crippen LogP contribution in [-0.2, 0) is 0 Å². The minimum Gasteiger partial charge on any atom is -0.388 e. The van der Waals surface area contributed by atoms with Crippen molar-refractivity contribution in [2.24, 2.45) is 5.92 Å². The van der Waals surface area contributed by atoms with Crippen molar-refractivity contribution in [3.63, 3.8) is 0 Å². The van der Waals surface area contributed by atoms with Crippen molar-refractivity contribution in [1.29, 1.82) is 0 Å².